The van der Waals surface area contributed by atoms with E-state index in [2.05, 4.69) is 5.32 Å². The Bertz CT molecular complexity index is 503. The highest BCUT2D eigenvalue weighted by molar-refractivity contribution is 5.77. The fourth-order valence-corrected chi connectivity index (χ4v) is 1.87. The van der Waals surface area contributed by atoms with Crippen LogP contribution in [-0.2, 0) is 9.53 Å². The van der Waals surface area contributed by atoms with Gasteiger partial charge in [-0.25, -0.2) is 4.79 Å². The molecule has 1 aromatic rings. The standard InChI is InChI=1S/C16H23NO4/c1-15(2,3)21-14(20)17-12(16(4,5)13(18)19)11-9-7-6-8-10-11/h6-10,12H,1-5H3,(H,17,20)(H,18,19)/t12-/m0/s1. The van der Waals surface area contributed by atoms with E-state index >= 15 is 0 Å². The minimum atomic E-state index is -1.17. The van der Waals surface area contributed by atoms with Gasteiger partial charge in [0.15, 0.2) is 0 Å². The number of carbonyl (C=O) groups is 2. The number of ether oxygens (including phenoxy) is 1. The summed E-state index contributed by atoms with van der Waals surface area (Å²) in [6, 6.07) is 8.32. The first-order valence-corrected chi connectivity index (χ1v) is 6.82. The maximum atomic E-state index is 12.0. The highest BCUT2D eigenvalue weighted by Gasteiger charge is 2.39. The van der Waals surface area contributed by atoms with Crippen molar-refractivity contribution >= 4 is 12.1 Å². The zero-order valence-electron chi connectivity index (χ0n) is 13.1. The smallest absolute Gasteiger partial charge is 0.408 e. The molecule has 0 bridgehead atoms. The van der Waals surface area contributed by atoms with Crippen molar-refractivity contribution in [1.82, 2.24) is 5.32 Å². The number of carbonyl (C=O) groups excluding carboxylic acids is 1. The first-order valence-electron chi connectivity index (χ1n) is 6.82. The third-order valence-electron chi connectivity index (χ3n) is 3.07. The second-order valence-electron chi connectivity index (χ2n) is 6.52. The lowest BCUT2D eigenvalue weighted by Crippen LogP contribution is -2.44. The van der Waals surface area contributed by atoms with Gasteiger partial charge in [-0.05, 0) is 40.2 Å². The van der Waals surface area contributed by atoms with E-state index in [0.29, 0.717) is 0 Å². The molecule has 0 fully saturated rings. The van der Waals surface area contributed by atoms with Gasteiger partial charge in [-0.15, -0.1) is 0 Å². The number of rotatable bonds is 4. The maximum absolute atomic E-state index is 12.0. The van der Waals surface area contributed by atoms with Gasteiger partial charge in [0.25, 0.3) is 0 Å². The van der Waals surface area contributed by atoms with E-state index < -0.39 is 29.1 Å². The van der Waals surface area contributed by atoms with Gasteiger partial charge >= 0.3 is 12.1 Å². The molecule has 2 N–H and O–H groups in total. The van der Waals surface area contributed by atoms with Crippen molar-refractivity contribution in [2.45, 2.75) is 46.3 Å². The first-order chi connectivity index (χ1) is 9.54. The number of alkyl carbamates (subject to hydrolysis) is 1. The van der Waals surface area contributed by atoms with Crippen molar-refractivity contribution in [3.63, 3.8) is 0 Å². The fourth-order valence-electron chi connectivity index (χ4n) is 1.87. The number of hydrogen-bond acceptors (Lipinski definition) is 3. The molecule has 0 heterocycles. The highest BCUT2D eigenvalue weighted by atomic mass is 16.6. The summed E-state index contributed by atoms with van der Waals surface area (Å²) in [5.41, 5.74) is -1.09. The van der Waals surface area contributed by atoms with Crippen molar-refractivity contribution in [1.29, 1.82) is 0 Å². The van der Waals surface area contributed by atoms with Gasteiger partial charge in [0.2, 0.25) is 0 Å². The lowest BCUT2D eigenvalue weighted by atomic mass is 9.80. The van der Waals surface area contributed by atoms with Crippen LogP contribution < -0.4 is 5.32 Å². The van der Waals surface area contributed by atoms with Gasteiger partial charge in [0.05, 0.1) is 11.5 Å². The lowest BCUT2D eigenvalue weighted by Gasteiger charge is -2.32. The van der Waals surface area contributed by atoms with Crippen LogP contribution in [0.25, 0.3) is 0 Å². The lowest BCUT2D eigenvalue weighted by molar-refractivity contribution is -0.148. The number of benzene rings is 1. The Balaban J connectivity index is 3.05. The normalized spacial score (nSPS) is 13.4. The van der Waals surface area contributed by atoms with Crippen LogP contribution in [0.5, 0.6) is 0 Å². The zero-order valence-corrected chi connectivity index (χ0v) is 13.1. The molecule has 0 radical (unpaired) electrons. The summed E-state index contributed by atoms with van der Waals surface area (Å²) in [6.07, 6.45) is -0.634. The molecule has 5 heteroatoms. The second-order valence-corrected chi connectivity index (χ2v) is 6.52. The molecule has 0 aromatic heterocycles. The summed E-state index contributed by atoms with van der Waals surface area (Å²) in [6.45, 7) is 8.42. The molecule has 0 aliphatic heterocycles. The van der Waals surface area contributed by atoms with Gasteiger partial charge in [0.1, 0.15) is 5.60 Å². The number of hydrogen-bond donors (Lipinski definition) is 2. The molecular weight excluding hydrogens is 270 g/mol. The maximum Gasteiger partial charge on any atom is 0.408 e. The van der Waals surface area contributed by atoms with Gasteiger partial charge < -0.3 is 15.2 Å². The molecule has 5 nitrogen and oxygen atoms in total. The average molecular weight is 293 g/mol. The molecule has 1 amide bonds. The fraction of sp³-hybridized carbons (Fsp3) is 0.500. The monoisotopic (exact) mass is 293 g/mol. The number of nitrogens with one attached hydrogen (secondary N) is 1. The molecule has 0 aliphatic rings. The molecule has 0 unspecified atom stereocenters. The average Bonchev–Trinajstić information content (AvgIpc) is 2.34. The minimum Gasteiger partial charge on any atom is -0.481 e. The summed E-state index contributed by atoms with van der Waals surface area (Å²) < 4.78 is 5.22. The largest absolute Gasteiger partial charge is 0.481 e. The molecule has 1 aromatic carbocycles. The molecule has 0 saturated carbocycles. The summed E-state index contributed by atoms with van der Waals surface area (Å²) in [5, 5.41) is 12.1. The Morgan fingerprint density at radius 2 is 1.62 bits per heavy atom. The van der Waals surface area contributed by atoms with Crippen LogP contribution in [0.4, 0.5) is 4.79 Å². The summed E-state index contributed by atoms with van der Waals surface area (Å²) in [4.78, 5) is 23.5. The van der Waals surface area contributed by atoms with E-state index in [4.69, 9.17) is 4.74 Å². The van der Waals surface area contributed by atoms with Crippen LogP contribution in [0.15, 0.2) is 30.3 Å². The Kier molecular flexibility index (Phi) is 4.99. The first kappa shape index (κ1) is 17.0. The SMILES string of the molecule is CC(C)(C)OC(=O)N[C@@H](c1ccccc1)C(C)(C)C(=O)O. The van der Waals surface area contributed by atoms with E-state index in [-0.39, 0.29) is 0 Å². The summed E-state index contributed by atoms with van der Waals surface area (Å²) in [7, 11) is 0. The third kappa shape index (κ3) is 4.77. The van der Waals surface area contributed by atoms with Crippen molar-refractivity contribution in [2.75, 3.05) is 0 Å². The molecular formula is C16H23NO4. The number of amides is 1. The van der Waals surface area contributed by atoms with Crippen LogP contribution in [0.3, 0.4) is 0 Å². The van der Waals surface area contributed by atoms with Crippen LogP contribution in [-0.4, -0.2) is 22.8 Å². The molecule has 1 rings (SSSR count). The van der Waals surface area contributed by atoms with Crippen molar-refractivity contribution < 1.29 is 19.4 Å². The second kappa shape index (κ2) is 6.16. The van der Waals surface area contributed by atoms with Gasteiger partial charge in [-0.3, -0.25) is 4.79 Å². The Hall–Kier alpha value is -2.04. The van der Waals surface area contributed by atoms with E-state index in [1.807, 2.05) is 6.07 Å². The predicted octanol–water partition coefficient (Wildman–Crippen LogP) is 3.36. The number of carboxylic acid groups (broad SMARTS) is 1. The molecule has 0 aliphatic carbocycles. The Morgan fingerprint density at radius 3 is 2.05 bits per heavy atom. The van der Waals surface area contributed by atoms with E-state index in [0.717, 1.165) is 5.56 Å². The van der Waals surface area contributed by atoms with Crippen molar-refractivity contribution in [3.8, 4) is 0 Å². The van der Waals surface area contributed by atoms with E-state index in [9.17, 15) is 14.7 Å². The molecule has 116 valence electrons. The minimum absolute atomic E-state index is 0.634. The van der Waals surface area contributed by atoms with E-state index in [1.54, 1.807) is 58.9 Å². The van der Waals surface area contributed by atoms with Gasteiger partial charge in [0, 0.05) is 0 Å². The molecule has 1 atom stereocenters. The Morgan fingerprint density at radius 1 is 1.10 bits per heavy atom. The van der Waals surface area contributed by atoms with Crippen LogP contribution in [0, 0.1) is 5.41 Å². The summed E-state index contributed by atoms with van der Waals surface area (Å²) in [5.74, 6) is -0.993. The summed E-state index contributed by atoms with van der Waals surface area (Å²) >= 11 is 0. The van der Waals surface area contributed by atoms with Crippen LogP contribution >= 0.6 is 0 Å². The van der Waals surface area contributed by atoms with Crippen molar-refractivity contribution in [3.05, 3.63) is 35.9 Å². The molecule has 0 spiro atoms. The van der Waals surface area contributed by atoms with Crippen LogP contribution in [0.2, 0.25) is 0 Å². The topological polar surface area (TPSA) is 75.6 Å². The molecule has 0 saturated heterocycles. The molecule has 21 heavy (non-hydrogen) atoms. The van der Waals surface area contributed by atoms with Crippen LogP contribution in [0.1, 0.15) is 46.2 Å². The van der Waals surface area contributed by atoms with Crippen molar-refractivity contribution in [2.24, 2.45) is 5.41 Å². The highest BCUT2D eigenvalue weighted by Crippen LogP contribution is 2.33. The van der Waals surface area contributed by atoms with Gasteiger partial charge in [-0.1, -0.05) is 30.3 Å². The van der Waals surface area contributed by atoms with E-state index in [1.165, 1.54) is 0 Å². The number of carboxylic acids is 1. The predicted molar refractivity (Wildman–Crippen MR) is 80.0 cm³/mol. The quantitative estimate of drug-likeness (QED) is 0.892. The third-order valence-corrected chi connectivity index (χ3v) is 3.07. The van der Waals surface area contributed by atoms with Gasteiger partial charge in [-0.2, -0.15) is 0 Å². The number of aliphatic carboxylic acids is 1. The Labute approximate surface area is 125 Å². The zero-order chi connectivity index (χ0) is 16.3.